The Morgan fingerprint density at radius 1 is 1.15 bits per heavy atom. The van der Waals surface area contributed by atoms with Gasteiger partial charge < -0.3 is 15.2 Å². The van der Waals surface area contributed by atoms with Crippen molar-refractivity contribution >= 4 is 32.8 Å². The number of carbonyl (C=O) groups excluding carboxylic acids is 1. The Hall–Kier alpha value is -2.71. The van der Waals surface area contributed by atoms with Crippen LogP contribution in [0, 0.1) is 0 Å². The van der Waals surface area contributed by atoms with Crippen LogP contribution in [-0.2, 0) is 14.8 Å². The highest BCUT2D eigenvalue weighted by atomic mass is 32.2. The number of aromatic nitrogens is 3. The number of ether oxygens (including phenoxy) is 1. The lowest BCUT2D eigenvalue weighted by atomic mass is 9.99. The lowest BCUT2D eigenvalue weighted by Gasteiger charge is -2.35. The Balaban J connectivity index is 1.36. The number of pyridine rings is 1. The molecule has 14 heteroatoms. The molecule has 0 bridgehead atoms. The number of carbonyl (C=O) groups is 1. The fourth-order valence-electron chi connectivity index (χ4n) is 6.03. The maximum atomic E-state index is 13.2. The fraction of sp³-hybridized carbons (Fsp3) is 0.680. The van der Waals surface area contributed by atoms with Gasteiger partial charge >= 0.3 is 6.61 Å². The predicted molar refractivity (Wildman–Crippen MR) is 138 cm³/mol. The molecule has 2 aromatic rings. The average Bonchev–Trinajstić information content (AvgIpc) is 3.23. The van der Waals surface area contributed by atoms with Crippen molar-refractivity contribution in [1.29, 1.82) is 0 Å². The molecule has 3 fully saturated rings. The molecule has 0 unspecified atom stereocenters. The van der Waals surface area contributed by atoms with Crippen molar-refractivity contribution in [1.82, 2.24) is 18.8 Å². The van der Waals surface area contributed by atoms with Crippen LogP contribution in [0.3, 0.4) is 0 Å². The summed E-state index contributed by atoms with van der Waals surface area (Å²) in [5, 5.41) is 13.9. The number of fused-ring (bicyclic) bond motifs is 1. The quantitative estimate of drug-likeness (QED) is 0.514. The number of hydrogen-bond acceptors (Lipinski definition) is 9. The van der Waals surface area contributed by atoms with Gasteiger partial charge in [0.25, 0.3) is 5.56 Å². The first-order valence-electron chi connectivity index (χ1n) is 13.3. The Labute approximate surface area is 224 Å². The molecule has 0 spiro atoms. The van der Waals surface area contributed by atoms with Crippen molar-refractivity contribution in [2.75, 3.05) is 18.4 Å². The third-order valence-corrected chi connectivity index (χ3v) is 10.6. The summed E-state index contributed by atoms with van der Waals surface area (Å²) in [7, 11) is -3.48. The summed E-state index contributed by atoms with van der Waals surface area (Å²) in [6.45, 7) is -0.939. The van der Waals surface area contributed by atoms with Crippen LogP contribution in [0.25, 0.3) is 11.0 Å². The molecule has 3 aliphatic rings. The number of Topliss-reactive ketones (excluding diaryl/α,β-unsaturated/α-hetero) is 1. The van der Waals surface area contributed by atoms with Gasteiger partial charge in [0.05, 0.1) is 16.9 Å². The molecule has 11 nitrogen and oxygen atoms in total. The SMILES string of the molecule is C[C@@]1(O)CCC[C@H]1n1c(=O)c(OC(F)F)cc2cnc(NC3CCN(S(=O)(=O)C4CCC(=O)CC4)CC3)nc21. The van der Waals surface area contributed by atoms with Gasteiger partial charge in [-0.3, -0.25) is 14.2 Å². The van der Waals surface area contributed by atoms with Gasteiger partial charge in [-0.2, -0.15) is 13.8 Å². The Kier molecular flexibility index (Phi) is 7.63. The van der Waals surface area contributed by atoms with Crippen LogP contribution in [-0.4, -0.2) is 74.7 Å². The van der Waals surface area contributed by atoms with Gasteiger partial charge in [-0.15, -0.1) is 0 Å². The first kappa shape index (κ1) is 27.8. The van der Waals surface area contributed by atoms with Crippen LogP contribution in [0.15, 0.2) is 17.1 Å². The molecule has 1 saturated heterocycles. The molecule has 0 amide bonds. The number of nitrogens with one attached hydrogen (secondary N) is 1. The van der Waals surface area contributed by atoms with Crippen molar-refractivity contribution < 1.29 is 31.8 Å². The summed E-state index contributed by atoms with van der Waals surface area (Å²) in [6, 6.07) is 0.369. The van der Waals surface area contributed by atoms with Crippen LogP contribution in [0.2, 0.25) is 0 Å². The number of sulfonamides is 1. The van der Waals surface area contributed by atoms with E-state index in [4.69, 9.17) is 0 Å². The number of rotatable bonds is 7. The molecule has 1 aliphatic heterocycles. The topological polar surface area (TPSA) is 144 Å². The monoisotopic (exact) mass is 569 g/mol. The standard InChI is InChI=1S/C25H33F2N5O6S/c1-25(35)10-2-3-20(25)32-21-15(13-19(22(32)34)38-23(26)27)14-28-24(30-21)29-16-8-11-31(12-9-16)39(36,37)18-6-4-17(33)5-7-18/h13-14,16,18,20,23,35H,2-12H2,1H3,(H,28,29,30)/t20-,25-/m1/s1. The van der Waals surface area contributed by atoms with E-state index in [2.05, 4.69) is 20.0 Å². The van der Waals surface area contributed by atoms with Crippen LogP contribution in [0.5, 0.6) is 5.75 Å². The van der Waals surface area contributed by atoms with Crippen molar-refractivity contribution in [2.24, 2.45) is 0 Å². The minimum absolute atomic E-state index is 0.111. The maximum Gasteiger partial charge on any atom is 0.387 e. The highest BCUT2D eigenvalue weighted by molar-refractivity contribution is 7.89. The molecule has 39 heavy (non-hydrogen) atoms. The summed E-state index contributed by atoms with van der Waals surface area (Å²) in [6.07, 6.45) is 5.34. The third kappa shape index (κ3) is 5.64. The van der Waals surface area contributed by atoms with Crippen LogP contribution >= 0.6 is 0 Å². The zero-order valence-corrected chi connectivity index (χ0v) is 22.5. The van der Waals surface area contributed by atoms with Gasteiger partial charge in [-0.05, 0) is 57.9 Å². The van der Waals surface area contributed by atoms with Crippen molar-refractivity contribution in [3.05, 3.63) is 22.6 Å². The van der Waals surface area contributed by atoms with Gasteiger partial charge in [0.1, 0.15) is 11.4 Å². The number of halogens is 2. The first-order valence-corrected chi connectivity index (χ1v) is 14.8. The zero-order chi connectivity index (χ0) is 27.9. The van der Waals surface area contributed by atoms with E-state index in [0.29, 0.717) is 76.3 Å². The van der Waals surface area contributed by atoms with Crippen LogP contribution < -0.4 is 15.6 Å². The second-order valence-corrected chi connectivity index (χ2v) is 13.1. The third-order valence-electron chi connectivity index (χ3n) is 8.20. The molecular weight excluding hydrogens is 536 g/mol. The van der Waals surface area contributed by atoms with Crippen molar-refractivity contribution in [3.63, 3.8) is 0 Å². The number of ketones is 1. The molecule has 0 aromatic carbocycles. The average molecular weight is 570 g/mol. The van der Waals surface area contributed by atoms with Crippen LogP contribution in [0.4, 0.5) is 14.7 Å². The normalized spacial score (nSPS) is 26.0. The second-order valence-electron chi connectivity index (χ2n) is 10.9. The number of aliphatic hydroxyl groups is 1. The lowest BCUT2D eigenvalue weighted by Crippen LogP contribution is -2.47. The van der Waals surface area contributed by atoms with E-state index in [0.717, 1.165) is 0 Å². The molecular formula is C25H33F2N5O6S. The minimum Gasteiger partial charge on any atom is -0.429 e. The van der Waals surface area contributed by atoms with Gasteiger partial charge in [-0.1, -0.05) is 0 Å². The van der Waals surface area contributed by atoms with E-state index in [-0.39, 0.29) is 23.4 Å². The maximum absolute atomic E-state index is 13.2. The van der Waals surface area contributed by atoms with E-state index < -0.39 is 44.8 Å². The molecule has 5 rings (SSSR count). The van der Waals surface area contributed by atoms with Gasteiger partial charge in [-0.25, -0.2) is 17.7 Å². The van der Waals surface area contributed by atoms with E-state index in [1.807, 2.05) is 0 Å². The van der Waals surface area contributed by atoms with Gasteiger partial charge in [0.2, 0.25) is 16.0 Å². The lowest BCUT2D eigenvalue weighted by molar-refractivity contribution is -0.120. The van der Waals surface area contributed by atoms with Crippen LogP contribution in [0.1, 0.15) is 70.8 Å². The highest BCUT2D eigenvalue weighted by Gasteiger charge is 2.40. The molecule has 0 radical (unpaired) electrons. The number of piperidine rings is 1. The molecule has 2 saturated carbocycles. The van der Waals surface area contributed by atoms with Crippen molar-refractivity contribution in [2.45, 2.75) is 94.3 Å². The summed E-state index contributed by atoms with van der Waals surface area (Å²) >= 11 is 0. The van der Waals surface area contributed by atoms with E-state index in [1.165, 1.54) is 21.1 Å². The Morgan fingerprint density at radius 3 is 2.46 bits per heavy atom. The fourth-order valence-corrected chi connectivity index (χ4v) is 8.00. The molecule has 2 aromatic heterocycles. The Morgan fingerprint density at radius 2 is 1.85 bits per heavy atom. The number of anilines is 1. The smallest absolute Gasteiger partial charge is 0.387 e. The largest absolute Gasteiger partial charge is 0.429 e. The molecule has 3 heterocycles. The molecule has 2 atom stereocenters. The molecule has 2 N–H and O–H groups in total. The number of hydrogen-bond donors (Lipinski definition) is 2. The molecule has 2 aliphatic carbocycles. The van der Waals surface area contributed by atoms with E-state index >= 15 is 0 Å². The summed E-state index contributed by atoms with van der Waals surface area (Å²) in [4.78, 5) is 33.6. The van der Waals surface area contributed by atoms with E-state index in [1.54, 1.807) is 6.92 Å². The summed E-state index contributed by atoms with van der Waals surface area (Å²) in [5.41, 5.74) is -1.84. The second kappa shape index (κ2) is 10.7. The van der Waals surface area contributed by atoms with Gasteiger partial charge in [0, 0.05) is 43.6 Å². The first-order chi connectivity index (χ1) is 18.5. The van der Waals surface area contributed by atoms with E-state index in [9.17, 15) is 31.9 Å². The highest BCUT2D eigenvalue weighted by Crippen LogP contribution is 2.40. The van der Waals surface area contributed by atoms with Gasteiger partial charge in [0.15, 0.2) is 5.75 Å². The Bertz CT molecular complexity index is 1400. The molecule has 214 valence electrons. The summed E-state index contributed by atoms with van der Waals surface area (Å²) in [5.74, 6) is -0.220. The summed E-state index contributed by atoms with van der Waals surface area (Å²) < 4.78 is 59.3. The predicted octanol–water partition coefficient (Wildman–Crippen LogP) is 2.59. The minimum atomic E-state index is -3.48. The van der Waals surface area contributed by atoms with Crippen molar-refractivity contribution in [3.8, 4) is 5.75 Å². The zero-order valence-electron chi connectivity index (χ0n) is 21.7. The number of alkyl halides is 2. The number of nitrogens with zero attached hydrogens (tertiary/aromatic N) is 4.